The van der Waals surface area contributed by atoms with Gasteiger partial charge in [-0.3, -0.25) is 0 Å². The number of benzene rings is 1. The fourth-order valence-corrected chi connectivity index (χ4v) is 3.32. The molecule has 5 nitrogen and oxygen atoms in total. The summed E-state index contributed by atoms with van der Waals surface area (Å²) in [5, 5.41) is 8.18. The van der Waals surface area contributed by atoms with E-state index in [1.165, 1.54) is 24.0 Å². The molecule has 0 bridgehead atoms. The summed E-state index contributed by atoms with van der Waals surface area (Å²) in [5.41, 5.74) is 3.67. The lowest BCUT2D eigenvalue weighted by atomic mass is 10.0. The molecule has 0 saturated carbocycles. The van der Waals surface area contributed by atoms with Crippen molar-refractivity contribution in [2.24, 2.45) is 13.0 Å². The molecule has 0 saturated heterocycles. The molecule has 27 heavy (non-hydrogen) atoms. The Morgan fingerprint density at radius 1 is 1.11 bits per heavy atom. The zero-order valence-corrected chi connectivity index (χ0v) is 16.9. The Hall–Kier alpha value is -2.40. The number of imidazole rings is 1. The molecular formula is C22H31N5. The van der Waals surface area contributed by atoms with Crippen molar-refractivity contribution in [1.82, 2.24) is 24.6 Å². The van der Waals surface area contributed by atoms with Crippen LogP contribution in [0.15, 0.2) is 49.1 Å². The van der Waals surface area contributed by atoms with E-state index in [2.05, 4.69) is 71.2 Å². The van der Waals surface area contributed by atoms with Gasteiger partial charge in [-0.2, -0.15) is 5.10 Å². The van der Waals surface area contributed by atoms with Crippen LogP contribution in [0, 0.1) is 5.92 Å². The summed E-state index contributed by atoms with van der Waals surface area (Å²) in [6.07, 6.45) is 11.5. The minimum atomic E-state index is 0.214. The van der Waals surface area contributed by atoms with E-state index in [9.17, 15) is 0 Å². The molecule has 0 radical (unpaired) electrons. The molecule has 144 valence electrons. The van der Waals surface area contributed by atoms with Crippen molar-refractivity contribution in [3.8, 4) is 5.69 Å². The van der Waals surface area contributed by atoms with E-state index in [-0.39, 0.29) is 6.04 Å². The summed E-state index contributed by atoms with van der Waals surface area (Å²) < 4.78 is 4.03. The van der Waals surface area contributed by atoms with Gasteiger partial charge in [0.05, 0.1) is 17.9 Å². The van der Waals surface area contributed by atoms with E-state index >= 15 is 0 Å². The molecule has 2 heterocycles. The highest BCUT2D eigenvalue weighted by Crippen LogP contribution is 2.20. The number of hydrogen-bond acceptors (Lipinski definition) is 3. The Labute approximate surface area is 162 Å². The molecule has 0 amide bonds. The Kier molecular flexibility index (Phi) is 6.45. The number of aromatic nitrogens is 4. The highest BCUT2D eigenvalue weighted by atomic mass is 15.3. The fourth-order valence-electron chi connectivity index (χ4n) is 3.32. The second kappa shape index (κ2) is 9.00. The summed E-state index contributed by atoms with van der Waals surface area (Å²) in [6, 6.07) is 8.94. The third kappa shape index (κ3) is 4.86. The summed E-state index contributed by atoms with van der Waals surface area (Å²) in [5.74, 6) is 1.52. The SMILES string of the molecule is CCCCc1ccc(-n2cc(CN[C@H](c3nccn3C)C(C)C)cn2)cc1. The van der Waals surface area contributed by atoms with E-state index in [1.807, 2.05) is 30.3 Å². The summed E-state index contributed by atoms with van der Waals surface area (Å²) in [6.45, 7) is 7.43. The average molecular weight is 366 g/mol. The molecular weight excluding hydrogens is 334 g/mol. The molecule has 3 rings (SSSR count). The maximum Gasteiger partial charge on any atom is 0.125 e. The molecule has 1 aromatic carbocycles. The molecule has 1 atom stereocenters. The van der Waals surface area contributed by atoms with Crippen LogP contribution < -0.4 is 5.32 Å². The Morgan fingerprint density at radius 3 is 2.52 bits per heavy atom. The van der Waals surface area contributed by atoms with E-state index < -0.39 is 0 Å². The van der Waals surface area contributed by atoms with Gasteiger partial charge in [0.25, 0.3) is 0 Å². The van der Waals surface area contributed by atoms with Crippen LogP contribution in [0.3, 0.4) is 0 Å². The Bertz CT molecular complexity index is 829. The normalized spacial score (nSPS) is 12.6. The lowest BCUT2D eigenvalue weighted by molar-refractivity contribution is 0.384. The van der Waals surface area contributed by atoms with Crippen molar-refractivity contribution in [2.75, 3.05) is 0 Å². The first-order valence-electron chi connectivity index (χ1n) is 9.92. The summed E-state index contributed by atoms with van der Waals surface area (Å²) in [4.78, 5) is 4.51. The van der Waals surface area contributed by atoms with Crippen LogP contribution in [-0.2, 0) is 20.0 Å². The third-order valence-corrected chi connectivity index (χ3v) is 4.99. The molecule has 0 fully saturated rings. The maximum absolute atomic E-state index is 4.54. The predicted molar refractivity (Wildman–Crippen MR) is 110 cm³/mol. The van der Waals surface area contributed by atoms with Crippen molar-refractivity contribution in [2.45, 2.75) is 52.6 Å². The van der Waals surface area contributed by atoms with Crippen LogP contribution in [-0.4, -0.2) is 19.3 Å². The number of nitrogens with one attached hydrogen (secondary N) is 1. The highest BCUT2D eigenvalue weighted by Gasteiger charge is 2.19. The van der Waals surface area contributed by atoms with Crippen molar-refractivity contribution < 1.29 is 0 Å². The fraction of sp³-hybridized carbons (Fsp3) is 0.455. The Morgan fingerprint density at radius 2 is 1.89 bits per heavy atom. The van der Waals surface area contributed by atoms with Gasteiger partial charge in [-0.15, -0.1) is 0 Å². The van der Waals surface area contributed by atoms with Crippen LogP contribution in [0.2, 0.25) is 0 Å². The first kappa shape index (κ1) is 19.4. The lowest BCUT2D eigenvalue weighted by Crippen LogP contribution is -2.27. The molecule has 0 unspecified atom stereocenters. The van der Waals surface area contributed by atoms with Crippen LogP contribution in [0.4, 0.5) is 0 Å². The van der Waals surface area contributed by atoms with Gasteiger partial charge in [-0.1, -0.05) is 39.3 Å². The monoisotopic (exact) mass is 365 g/mol. The van der Waals surface area contributed by atoms with Gasteiger partial charge < -0.3 is 9.88 Å². The second-order valence-corrected chi connectivity index (χ2v) is 7.56. The smallest absolute Gasteiger partial charge is 0.125 e. The molecule has 1 N–H and O–H groups in total. The second-order valence-electron chi connectivity index (χ2n) is 7.56. The number of nitrogens with zero attached hydrogens (tertiary/aromatic N) is 4. The average Bonchev–Trinajstić information content (AvgIpc) is 3.30. The number of hydrogen-bond donors (Lipinski definition) is 1. The van der Waals surface area contributed by atoms with Crippen molar-refractivity contribution in [3.05, 3.63) is 66.0 Å². The van der Waals surface area contributed by atoms with Crippen LogP contribution in [0.1, 0.15) is 56.6 Å². The minimum absolute atomic E-state index is 0.214. The Balaban J connectivity index is 1.64. The molecule has 2 aromatic heterocycles. The van der Waals surface area contributed by atoms with Gasteiger partial charge in [0.15, 0.2) is 0 Å². The topological polar surface area (TPSA) is 47.7 Å². The highest BCUT2D eigenvalue weighted by molar-refractivity contribution is 5.34. The molecule has 0 aliphatic rings. The van der Waals surface area contributed by atoms with E-state index in [1.54, 1.807) is 0 Å². The first-order valence-corrected chi connectivity index (χ1v) is 9.92. The minimum Gasteiger partial charge on any atom is -0.337 e. The van der Waals surface area contributed by atoms with Crippen molar-refractivity contribution >= 4 is 0 Å². The van der Waals surface area contributed by atoms with E-state index in [4.69, 9.17) is 0 Å². The van der Waals surface area contributed by atoms with Crippen LogP contribution >= 0.6 is 0 Å². The first-order chi connectivity index (χ1) is 13.1. The number of rotatable bonds is 9. The zero-order valence-electron chi connectivity index (χ0n) is 16.9. The van der Waals surface area contributed by atoms with Crippen LogP contribution in [0.25, 0.3) is 5.69 Å². The van der Waals surface area contributed by atoms with Crippen molar-refractivity contribution in [3.63, 3.8) is 0 Å². The van der Waals surface area contributed by atoms with Gasteiger partial charge in [0, 0.05) is 37.7 Å². The van der Waals surface area contributed by atoms with E-state index in [0.717, 1.165) is 24.5 Å². The largest absolute Gasteiger partial charge is 0.337 e. The summed E-state index contributed by atoms with van der Waals surface area (Å²) >= 11 is 0. The summed E-state index contributed by atoms with van der Waals surface area (Å²) in [7, 11) is 2.04. The lowest BCUT2D eigenvalue weighted by Gasteiger charge is -2.21. The third-order valence-electron chi connectivity index (χ3n) is 4.99. The van der Waals surface area contributed by atoms with Gasteiger partial charge in [-0.05, 0) is 36.5 Å². The quantitative estimate of drug-likeness (QED) is 0.610. The van der Waals surface area contributed by atoms with Gasteiger partial charge >= 0.3 is 0 Å². The molecule has 5 heteroatoms. The van der Waals surface area contributed by atoms with Gasteiger partial charge in [0.2, 0.25) is 0 Å². The van der Waals surface area contributed by atoms with Gasteiger partial charge in [-0.25, -0.2) is 9.67 Å². The van der Waals surface area contributed by atoms with Gasteiger partial charge in [0.1, 0.15) is 5.82 Å². The predicted octanol–water partition coefficient (Wildman–Crippen LogP) is 4.44. The number of unbranched alkanes of at least 4 members (excludes halogenated alkanes) is 1. The van der Waals surface area contributed by atoms with Crippen molar-refractivity contribution in [1.29, 1.82) is 0 Å². The maximum atomic E-state index is 4.54. The zero-order chi connectivity index (χ0) is 19.2. The number of aryl methyl sites for hydroxylation is 2. The molecule has 0 spiro atoms. The molecule has 3 aromatic rings. The standard InChI is InChI=1S/C22H31N5/c1-5-6-7-18-8-10-20(11-9-18)27-16-19(15-25-27)14-24-21(17(2)3)22-23-12-13-26(22)4/h8-13,15-17,21,24H,5-7,14H2,1-4H3/t21-/m0/s1. The van der Waals surface area contributed by atoms with E-state index in [0.29, 0.717) is 5.92 Å². The van der Waals surface area contributed by atoms with Crippen LogP contribution in [0.5, 0.6) is 0 Å². The molecule has 0 aliphatic heterocycles. The molecule has 0 aliphatic carbocycles.